The third kappa shape index (κ3) is 3.27. The van der Waals surface area contributed by atoms with Gasteiger partial charge in [0.2, 0.25) is 0 Å². The summed E-state index contributed by atoms with van der Waals surface area (Å²) in [6.45, 7) is 0.933. The van der Waals surface area contributed by atoms with Gasteiger partial charge < -0.3 is 5.32 Å². The van der Waals surface area contributed by atoms with Gasteiger partial charge in [-0.1, -0.05) is 35.9 Å². The van der Waals surface area contributed by atoms with Crippen LogP contribution in [0.25, 0.3) is 10.8 Å². The van der Waals surface area contributed by atoms with Gasteiger partial charge in [-0.3, -0.25) is 0 Å². The van der Waals surface area contributed by atoms with Gasteiger partial charge in [0.05, 0.1) is 0 Å². The maximum atomic E-state index is 6.15. The molecule has 4 heteroatoms. The third-order valence-corrected chi connectivity index (χ3v) is 3.51. The largest absolute Gasteiger partial charge is 0.370 e. The maximum Gasteiger partial charge on any atom is 0.139 e. The second-order valence-corrected chi connectivity index (χ2v) is 5.14. The summed E-state index contributed by atoms with van der Waals surface area (Å²) in [7, 11) is 0. The van der Waals surface area contributed by atoms with Crippen molar-refractivity contribution in [2.24, 2.45) is 0 Å². The molecule has 1 aromatic carbocycles. The molecule has 0 spiro atoms. The van der Waals surface area contributed by atoms with Crippen LogP contribution >= 0.6 is 23.4 Å². The lowest BCUT2D eigenvalue weighted by Crippen LogP contribution is -2.04. The predicted octanol–water partition coefficient (Wildman–Crippen LogP) is 4.05. The number of anilines is 1. The van der Waals surface area contributed by atoms with Crippen molar-refractivity contribution in [2.75, 3.05) is 23.9 Å². The van der Waals surface area contributed by atoms with Crippen LogP contribution < -0.4 is 5.32 Å². The van der Waals surface area contributed by atoms with E-state index in [4.69, 9.17) is 11.6 Å². The predicted molar refractivity (Wildman–Crippen MR) is 78.2 cm³/mol. The Morgan fingerprint density at radius 3 is 3.00 bits per heavy atom. The highest BCUT2D eigenvalue weighted by Crippen LogP contribution is 2.24. The number of benzene rings is 1. The van der Waals surface area contributed by atoms with Gasteiger partial charge in [-0.15, -0.1) is 0 Å². The van der Waals surface area contributed by atoms with Gasteiger partial charge in [-0.25, -0.2) is 4.98 Å². The van der Waals surface area contributed by atoms with E-state index in [1.807, 2.05) is 36.0 Å². The van der Waals surface area contributed by atoms with E-state index >= 15 is 0 Å². The molecule has 1 aromatic heterocycles. The maximum absolute atomic E-state index is 6.15. The van der Waals surface area contributed by atoms with E-state index in [1.165, 1.54) is 0 Å². The summed E-state index contributed by atoms with van der Waals surface area (Å²) < 4.78 is 0. The first-order chi connectivity index (χ1) is 8.31. The van der Waals surface area contributed by atoms with E-state index in [0.29, 0.717) is 5.15 Å². The average Bonchev–Trinajstić information content (AvgIpc) is 2.35. The van der Waals surface area contributed by atoms with Crippen molar-refractivity contribution in [3.63, 3.8) is 0 Å². The van der Waals surface area contributed by atoms with Crippen LogP contribution in [0.3, 0.4) is 0 Å². The molecule has 0 fully saturated rings. The lowest BCUT2D eigenvalue weighted by Gasteiger charge is -2.07. The number of fused-ring (bicyclic) bond motifs is 1. The van der Waals surface area contributed by atoms with Crippen molar-refractivity contribution >= 4 is 40.0 Å². The highest BCUT2D eigenvalue weighted by atomic mass is 35.5. The zero-order valence-electron chi connectivity index (χ0n) is 9.74. The SMILES string of the molecule is CSCCCNc1cc2ccccc2c(Cl)n1. The Morgan fingerprint density at radius 2 is 2.18 bits per heavy atom. The first kappa shape index (κ1) is 12.5. The Hall–Kier alpha value is -0.930. The van der Waals surface area contributed by atoms with Crippen molar-refractivity contribution < 1.29 is 0 Å². The topological polar surface area (TPSA) is 24.9 Å². The van der Waals surface area contributed by atoms with Crippen molar-refractivity contribution in [2.45, 2.75) is 6.42 Å². The number of hydrogen-bond acceptors (Lipinski definition) is 3. The smallest absolute Gasteiger partial charge is 0.139 e. The van der Waals surface area contributed by atoms with Gasteiger partial charge in [0.25, 0.3) is 0 Å². The van der Waals surface area contributed by atoms with E-state index < -0.39 is 0 Å². The van der Waals surface area contributed by atoms with Crippen LogP contribution in [0.1, 0.15) is 6.42 Å². The van der Waals surface area contributed by atoms with Crippen LogP contribution in [0.2, 0.25) is 5.15 Å². The summed E-state index contributed by atoms with van der Waals surface area (Å²) in [6.07, 6.45) is 3.25. The van der Waals surface area contributed by atoms with Crippen LogP contribution in [0.4, 0.5) is 5.82 Å². The Morgan fingerprint density at radius 1 is 1.35 bits per heavy atom. The van der Waals surface area contributed by atoms with Crippen LogP contribution in [-0.4, -0.2) is 23.5 Å². The summed E-state index contributed by atoms with van der Waals surface area (Å²) >= 11 is 8.00. The van der Waals surface area contributed by atoms with E-state index in [-0.39, 0.29) is 0 Å². The summed E-state index contributed by atoms with van der Waals surface area (Å²) in [6, 6.07) is 10.1. The number of rotatable bonds is 5. The monoisotopic (exact) mass is 266 g/mol. The Bertz CT molecular complexity index is 502. The van der Waals surface area contributed by atoms with E-state index in [0.717, 1.165) is 35.3 Å². The molecule has 2 rings (SSSR count). The van der Waals surface area contributed by atoms with Crippen LogP contribution in [0.5, 0.6) is 0 Å². The van der Waals surface area contributed by atoms with Gasteiger partial charge in [0.15, 0.2) is 0 Å². The molecule has 0 unspecified atom stereocenters. The molecular formula is C13H15ClN2S. The molecule has 90 valence electrons. The molecule has 0 aliphatic heterocycles. The number of halogens is 1. The number of thioether (sulfide) groups is 1. The van der Waals surface area contributed by atoms with Crippen LogP contribution in [0, 0.1) is 0 Å². The van der Waals surface area contributed by atoms with Crippen molar-refractivity contribution in [1.82, 2.24) is 4.98 Å². The van der Waals surface area contributed by atoms with Crippen molar-refractivity contribution in [3.8, 4) is 0 Å². The fraction of sp³-hybridized carbons (Fsp3) is 0.308. The molecule has 0 aliphatic carbocycles. The van der Waals surface area contributed by atoms with E-state index in [1.54, 1.807) is 0 Å². The highest BCUT2D eigenvalue weighted by Gasteiger charge is 2.02. The molecule has 0 saturated heterocycles. The quantitative estimate of drug-likeness (QED) is 0.653. The Kier molecular flexibility index (Phi) is 4.51. The van der Waals surface area contributed by atoms with E-state index in [9.17, 15) is 0 Å². The molecule has 1 heterocycles. The van der Waals surface area contributed by atoms with Crippen LogP contribution in [-0.2, 0) is 0 Å². The second kappa shape index (κ2) is 6.12. The molecule has 0 bridgehead atoms. The van der Waals surface area contributed by atoms with Gasteiger partial charge in [-0.05, 0) is 29.9 Å². The molecule has 17 heavy (non-hydrogen) atoms. The van der Waals surface area contributed by atoms with Gasteiger partial charge in [-0.2, -0.15) is 11.8 Å². The average molecular weight is 267 g/mol. The summed E-state index contributed by atoms with van der Waals surface area (Å²) in [5.41, 5.74) is 0. The molecule has 0 atom stereocenters. The minimum atomic E-state index is 0.565. The van der Waals surface area contributed by atoms with Crippen LogP contribution in [0.15, 0.2) is 30.3 Å². The molecule has 0 saturated carbocycles. The molecule has 1 N–H and O–H groups in total. The second-order valence-electron chi connectivity index (χ2n) is 3.79. The fourth-order valence-corrected chi connectivity index (χ4v) is 2.38. The molecular weight excluding hydrogens is 252 g/mol. The Balaban J connectivity index is 2.13. The summed E-state index contributed by atoms with van der Waals surface area (Å²) in [5.74, 6) is 2.02. The van der Waals surface area contributed by atoms with Gasteiger partial charge in [0.1, 0.15) is 11.0 Å². The fourth-order valence-electron chi connectivity index (χ4n) is 1.68. The van der Waals surface area contributed by atoms with Crippen molar-refractivity contribution in [1.29, 1.82) is 0 Å². The van der Waals surface area contributed by atoms with Gasteiger partial charge in [0, 0.05) is 11.9 Å². The molecule has 0 amide bonds. The molecule has 2 nitrogen and oxygen atoms in total. The third-order valence-electron chi connectivity index (χ3n) is 2.53. The Labute approximate surface area is 111 Å². The minimum absolute atomic E-state index is 0.565. The highest BCUT2D eigenvalue weighted by molar-refractivity contribution is 7.98. The van der Waals surface area contributed by atoms with Crippen molar-refractivity contribution in [3.05, 3.63) is 35.5 Å². The molecule has 2 aromatic rings. The standard InChI is InChI=1S/C13H15ClN2S/c1-17-8-4-7-15-12-9-10-5-2-3-6-11(10)13(14)16-12/h2-3,5-6,9H,4,7-8H2,1H3,(H,15,16). The first-order valence-electron chi connectivity index (χ1n) is 5.59. The lowest BCUT2D eigenvalue weighted by molar-refractivity contribution is 0.983. The number of hydrogen-bond donors (Lipinski definition) is 1. The minimum Gasteiger partial charge on any atom is -0.370 e. The van der Waals surface area contributed by atoms with Gasteiger partial charge >= 0.3 is 0 Å². The number of pyridine rings is 1. The molecule has 0 aliphatic rings. The first-order valence-corrected chi connectivity index (χ1v) is 7.36. The zero-order chi connectivity index (χ0) is 12.1. The zero-order valence-corrected chi connectivity index (χ0v) is 11.3. The van der Waals surface area contributed by atoms with E-state index in [2.05, 4.69) is 22.6 Å². The number of nitrogens with one attached hydrogen (secondary N) is 1. The summed E-state index contributed by atoms with van der Waals surface area (Å²) in [4.78, 5) is 4.35. The molecule has 0 radical (unpaired) electrons. The lowest BCUT2D eigenvalue weighted by atomic mass is 10.2. The summed E-state index contributed by atoms with van der Waals surface area (Å²) in [5, 5.41) is 6.00. The normalized spacial score (nSPS) is 10.7. The number of nitrogens with zero attached hydrogens (tertiary/aromatic N) is 1. The number of aromatic nitrogens is 1.